The topological polar surface area (TPSA) is 272 Å². The highest BCUT2D eigenvalue weighted by Crippen LogP contribution is 2.29. The van der Waals surface area contributed by atoms with Gasteiger partial charge in [-0.3, -0.25) is 23.5 Å². The number of nitrogens with two attached hydrogens (primary N) is 1. The Hall–Kier alpha value is -6.95. The minimum absolute atomic E-state index is 0. The molecule has 24 heteroatoms. The summed E-state index contributed by atoms with van der Waals surface area (Å²) in [5, 5.41) is 30.8. The van der Waals surface area contributed by atoms with E-state index in [4.69, 9.17) is 19.9 Å². The zero-order valence-electron chi connectivity index (χ0n) is 37.0. The van der Waals surface area contributed by atoms with E-state index in [1.165, 1.54) is 56.8 Å². The molecule has 0 bridgehead atoms. The predicted molar refractivity (Wildman–Crippen MR) is 233 cm³/mol. The highest BCUT2D eigenvalue weighted by atomic mass is 35.5. The zero-order valence-corrected chi connectivity index (χ0v) is 37.9. The van der Waals surface area contributed by atoms with Crippen LogP contribution in [0, 0.1) is 25.5 Å². The van der Waals surface area contributed by atoms with Crippen LogP contribution in [0.4, 0.5) is 8.78 Å². The number of nitrogens with zero attached hydrogens (tertiary/aromatic N) is 10. The Morgan fingerprint density at radius 3 is 1.70 bits per heavy atom. The van der Waals surface area contributed by atoms with Crippen molar-refractivity contribution in [3.8, 4) is 22.9 Å². The van der Waals surface area contributed by atoms with Gasteiger partial charge in [-0.25, -0.2) is 42.9 Å². The zero-order chi connectivity index (χ0) is 47.4. The first-order chi connectivity index (χ1) is 30.8. The standard InChI is InChI=1S/C20H21FN6O4.C12H16N2O5.C10H11FN4.ClH/c1-11-23-10-24-27(11)14-8-13(21)5-4-12(14)9-22-17(29)15-16(28)18(30)26-6-7-31-20(2,3)19(26)25-15;1-4-18-10(17)7-8(15)9(16)14-5-6-19-12(2,3)11(14)13-7;1-7-13-6-14-15(7)10-4-9(11)3-2-8(10)5-12;/h4-5,8,10,28H,6-7,9H2,1-3H3,(H,22,29);15H,4-6H2,1-3H3;2-4,6H,5,12H2,1H3;1H. The average Bonchev–Trinajstić information content (AvgIpc) is 3.90. The Balaban J connectivity index is 0.000000200. The number of ether oxygens (including phenoxy) is 3. The highest BCUT2D eigenvalue weighted by molar-refractivity contribution is 5.94. The smallest absolute Gasteiger partial charge is 0.361 e. The Kier molecular flexibility index (Phi) is 15.5. The molecule has 1 amide bonds. The van der Waals surface area contributed by atoms with Crippen molar-refractivity contribution >= 4 is 24.3 Å². The maximum Gasteiger partial charge on any atom is 0.361 e. The maximum atomic E-state index is 13.8. The molecule has 6 aromatic rings. The van der Waals surface area contributed by atoms with Gasteiger partial charge >= 0.3 is 5.97 Å². The quantitative estimate of drug-likeness (QED) is 0.160. The molecule has 66 heavy (non-hydrogen) atoms. The van der Waals surface area contributed by atoms with Gasteiger partial charge in [0.25, 0.3) is 17.0 Å². The first-order valence-electron chi connectivity index (χ1n) is 20.2. The Bertz CT molecular complexity index is 2880. The van der Waals surface area contributed by atoms with E-state index in [1.54, 1.807) is 59.2 Å². The summed E-state index contributed by atoms with van der Waals surface area (Å²) in [5.41, 5.74) is 4.22. The number of halogens is 3. The van der Waals surface area contributed by atoms with Crippen LogP contribution in [0.5, 0.6) is 11.5 Å². The molecule has 0 saturated carbocycles. The van der Waals surface area contributed by atoms with Crippen LogP contribution in [0.2, 0.25) is 0 Å². The third kappa shape index (κ3) is 10.4. The molecule has 0 fully saturated rings. The van der Waals surface area contributed by atoms with Gasteiger partial charge in [-0.2, -0.15) is 10.2 Å². The lowest BCUT2D eigenvalue weighted by molar-refractivity contribution is -0.0569. The lowest BCUT2D eigenvalue weighted by Gasteiger charge is -2.32. The molecule has 0 aliphatic carbocycles. The fourth-order valence-corrected chi connectivity index (χ4v) is 6.96. The molecule has 0 saturated heterocycles. The summed E-state index contributed by atoms with van der Waals surface area (Å²) < 4.78 is 48.5. The molecule has 352 valence electrons. The number of aryl methyl sites for hydroxylation is 2. The first-order valence-corrected chi connectivity index (χ1v) is 20.2. The van der Waals surface area contributed by atoms with E-state index in [2.05, 4.69) is 35.5 Å². The van der Waals surface area contributed by atoms with Gasteiger partial charge in [-0.1, -0.05) is 12.1 Å². The number of aromatic nitrogens is 10. The van der Waals surface area contributed by atoms with Crippen LogP contribution in [0.25, 0.3) is 11.4 Å². The number of esters is 1. The number of carbonyl (C=O) groups excluding carboxylic acids is 2. The largest absolute Gasteiger partial charge is 0.501 e. The molecule has 6 heterocycles. The first kappa shape index (κ1) is 50.1. The molecule has 8 rings (SSSR count). The van der Waals surface area contributed by atoms with Crippen LogP contribution in [0.15, 0.2) is 58.6 Å². The normalized spacial score (nSPS) is 14.2. The van der Waals surface area contributed by atoms with Crippen LogP contribution >= 0.6 is 12.4 Å². The molecule has 0 radical (unpaired) electrons. The summed E-state index contributed by atoms with van der Waals surface area (Å²) in [5.74, 6) is -1.94. The van der Waals surface area contributed by atoms with E-state index in [0.29, 0.717) is 60.7 Å². The SMILES string of the molecule is CCOC(=O)c1nc2n(c(=O)c1O)CCOC2(C)C.Cc1ncnn1-c1cc(F)ccc1CN.Cc1ncnn1-c1cc(F)ccc1CNC(=O)c1nc2n(c(=O)c1O)CCOC2(C)C.Cl. The number of hydrogen-bond donors (Lipinski definition) is 4. The predicted octanol–water partition coefficient (Wildman–Crippen LogP) is 3.16. The maximum absolute atomic E-state index is 13.8. The minimum atomic E-state index is -0.894. The molecule has 0 atom stereocenters. The number of carbonyl (C=O) groups is 2. The third-order valence-corrected chi connectivity index (χ3v) is 10.3. The Morgan fingerprint density at radius 2 is 1.24 bits per heavy atom. The van der Waals surface area contributed by atoms with Crippen molar-refractivity contribution in [3.63, 3.8) is 0 Å². The second kappa shape index (κ2) is 20.5. The summed E-state index contributed by atoms with van der Waals surface area (Å²) >= 11 is 0. The number of aromatic hydroxyl groups is 2. The van der Waals surface area contributed by atoms with Crippen molar-refractivity contribution in [1.82, 2.24) is 53.9 Å². The Morgan fingerprint density at radius 1 is 0.788 bits per heavy atom. The van der Waals surface area contributed by atoms with Crippen molar-refractivity contribution in [2.75, 3.05) is 19.8 Å². The summed E-state index contributed by atoms with van der Waals surface area (Å²) in [4.78, 5) is 65.4. The van der Waals surface area contributed by atoms with E-state index in [1.807, 2.05) is 0 Å². The lowest BCUT2D eigenvalue weighted by atomic mass is 10.1. The molecule has 0 unspecified atom stereocenters. The molecule has 2 aliphatic heterocycles. The summed E-state index contributed by atoms with van der Waals surface area (Å²) in [6, 6.07) is 8.51. The van der Waals surface area contributed by atoms with Crippen LogP contribution < -0.4 is 22.2 Å². The van der Waals surface area contributed by atoms with Crippen molar-refractivity contribution < 1.29 is 42.8 Å². The monoisotopic (exact) mass is 938 g/mol. The van der Waals surface area contributed by atoms with Crippen LogP contribution in [0.1, 0.15) is 90.0 Å². The Labute approximate surface area is 381 Å². The molecule has 2 aliphatic rings. The van der Waals surface area contributed by atoms with Crippen molar-refractivity contribution in [3.05, 3.63) is 127 Å². The minimum Gasteiger partial charge on any atom is -0.501 e. The van der Waals surface area contributed by atoms with Crippen molar-refractivity contribution in [2.24, 2.45) is 5.73 Å². The van der Waals surface area contributed by atoms with Gasteiger partial charge in [0.15, 0.2) is 11.4 Å². The average molecular weight is 939 g/mol. The van der Waals surface area contributed by atoms with E-state index in [0.717, 1.165) is 5.56 Å². The molecular weight excluding hydrogens is 890 g/mol. The highest BCUT2D eigenvalue weighted by Gasteiger charge is 2.36. The number of nitrogens with one attached hydrogen (secondary N) is 1. The van der Waals surface area contributed by atoms with Crippen molar-refractivity contribution in [2.45, 2.75) is 85.8 Å². The van der Waals surface area contributed by atoms with Crippen molar-refractivity contribution in [1.29, 1.82) is 0 Å². The van der Waals surface area contributed by atoms with Gasteiger partial charge in [0.05, 0.1) is 44.3 Å². The van der Waals surface area contributed by atoms with Gasteiger partial charge < -0.3 is 35.5 Å². The van der Waals surface area contributed by atoms with E-state index in [9.17, 15) is 38.2 Å². The van der Waals surface area contributed by atoms with Crippen LogP contribution in [0.3, 0.4) is 0 Å². The fraction of sp³-hybridized carbons (Fsp3) is 0.381. The molecule has 2 aromatic carbocycles. The third-order valence-electron chi connectivity index (χ3n) is 10.3. The summed E-state index contributed by atoms with van der Waals surface area (Å²) in [6.07, 6.45) is 2.77. The van der Waals surface area contributed by atoms with Gasteiger partial charge in [0.1, 0.15) is 58.8 Å². The van der Waals surface area contributed by atoms with Crippen LogP contribution in [-0.4, -0.2) is 90.5 Å². The second-order valence-corrected chi connectivity index (χ2v) is 15.5. The molecule has 4 aromatic heterocycles. The summed E-state index contributed by atoms with van der Waals surface area (Å²) in [7, 11) is 0. The van der Waals surface area contributed by atoms with Gasteiger partial charge in [0.2, 0.25) is 11.5 Å². The van der Waals surface area contributed by atoms with Gasteiger partial charge in [0, 0.05) is 13.1 Å². The van der Waals surface area contributed by atoms with Crippen LogP contribution in [-0.2, 0) is 51.6 Å². The fourth-order valence-electron chi connectivity index (χ4n) is 6.96. The number of fused-ring (bicyclic) bond motifs is 2. The van der Waals surface area contributed by atoms with E-state index in [-0.39, 0.29) is 49.4 Å². The number of hydrogen-bond acceptors (Lipinski definition) is 16. The van der Waals surface area contributed by atoms with Gasteiger partial charge in [-0.05, 0) is 83.9 Å². The molecule has 5 N–H and O–H groups in total. The molecular formula is C42H49ClF2N12O9. The number of amides is 1. The second-order valence-electron chi connectivity index (χ2n) is 15.5. The van der Waals surface area contributed by atoms with Gasteiger partial charge in [-0.15, -0.1) is 12.4 Å². The summed E-state index contributed by atoms with van der Waals surface area (Å²) in [6.45, 7) is 13.7. The van der Waals surface area contributed by atoms with E-state index >= 15 is 0 Å². The molecule has 0 spiro atoms. The molecule has 21 nitrogen and oxygen atoms in total. The number of rotatable bonds is 8. The lowest BCUT2D eigenvalue weighted by Crippen LogP contribution is -2.42. The number of benzene rings is 2. The van der Waals surface area contributed by atoms with E-state index < -0.39 is 57.2 Å².